The maximum Gasteiger partial charge on any atom is 0.320 e. The first-order valence-electron chi connectivity index (χ1n) is 6.15. The number of carboxylic acid groups (broad SMARTS) is 1. The Morgan fingerprint density at radius 2 is 2.20 bits per heavy atom. The van der Waals surface area contributed by atoms with Crippen LogP contribution in [-0.4, -0.2) is 35.1 Å². The largest absolute Gasteiger partial charge is 0.480 e. The Bertz CT molecular complexity index is 206. The lowest BCUT2D eigenvalue weighted by Gasteiger charge is -2.23. The highest BCUT2D eigenvalue weighted by Crippen LogP contribution is 2.24. The van der Waals surface area contributed by atoms with Gasteiger partial charge in [0.15, 0.2) is 0 Å². The number of hydrogen-bond acceptors (Lipinski definition) is 2. The van der Waals surface area contributed by atoms with Crippen molar-refractivity contribution >= 4 is 5.97 Å². The van der Waals surface area contributed by atoms with E-state index in [-0.39, 0.29) is 6.04 Å². The molecule has 1 N–H and O–H groups in total. The summed E-state index contributed by atoms with van der Waals surface area (Å²) in [6.07, 6.45) is 5.38. The van der Waals surface area contributed by atoms with Crippen LogP contribution in [0.2, 0.25) is 0 Å². The minimum Gasteiger partial charge on any atom is -0.480 e. The summed E-state index contributed by atoms with van der Waals surface area (Å²) in [5.74, 6) is 0.0858. The average molecular weight is 213 g/mol. The van der Waals surface area contributed by atoms with Gasteiger partial charge in [-0.3, -0.25) is 9.69 Å². The van der Waals surface area contributed by atoms with Crippen LogP contribution in [0.4, 0.5) is 0 Å². The van der Waals surface area contributed by atoms with Crippen LogP contribution in [0.3, 0.4) is 0 Å². The Morgan fingerprint density at radius 3 is 2.73 bits per heavy atom. The number of carbonyl (C=O) groups is 1. The first-order chi connectivity index (χ1) is 7.19. The van der Waals surface area contributed by atoms with Crippen molar-refractivity contribution < 1.29 is 9.90 Å². The zero-order valence-corrected chi connectivity index (χ0v) is 9.91. The quantitative estimate of drug-likeness (QED) is 0.736. The van der Waals surface area contributed by atoms with Crippen LogP contribution in [0.1, 0.15) is 46.0 Å². The second-order valence-corrected chi connectivity index (χ2v) is 4.58. The molecule has 1 heterocycles. The molecule has 1 aliphatic heterocycles. The zero-order chi connectivity index (χ0) is 11.3. The molecule has 0 aromatic rings. The number of carboxylic acids is 1. The minimum atomic E-state index is -0.644. The van der Waals surface area contributed by atoms with Gasteiger partial charge < -0.3 is 5.11 Å². The van der Waals surface area contributed by atoms with Gasteiger partial charge in [-0.1, -0.05) is 26.7 Å². The summed E-state index contributed by atoms with van der Waals surface area (Å²) in [5.41, 5.74) is 0. The third-order valence-electron chi connectivity index (χ3n) is 3.30. The predicted molar refractivity (Wildman–Crippen MR) is 60.9 cm³/mol. The Hall–Kier alpha value is -0.570. The van der Waals surface area contributed by atoms with Gasteiger partial charge in [-0.2, -0.15) is 0 Å². The van der Waals surface area contributed by atoms with E-state index >= 15 is 0 Å². The zero-order valence-electron chi connectivity index (χ0n) is 9.91. The van der Waals surface area contributed by atoms with Gasteiger partial charge in [-0.15, -0.1) is 0 Å². The van der Waals surface area contributed by atoms with Gasteiger partial charge in [0.2, 0.25) is 0 Å². The van der Waals surface area contributed by atoms with Crippen LogP contribution in [0, 0.1) is 5.92 Å². The van der Waals surface area contributed by atoms with E-state index in [1.165, 1.54) is 19.3 Å². The summed E-state index contributed by atoms with van der Waals surface area (Å²) in [7, 11) is 0. The van der Waals surface area contributed by atoms with Gasteiger partial charge in [0.05, 0.1) is 0 Å². The molecule has 0 aromatic heterocycles. The summed E-state index contributed by atoms with van der Waals surface area (Å²) in [6, 6.07) is -0.239. The van der Waals surface area contributed by atoms with Crippen LogP contribution in [0.15, 0.2) is 0 Å². The fraction of sp³-hybridized carbons (Fsp3) is 0.917. The molecule has 1 fully saturated rings. The molecular formula is C12H23NO2. The molecule has 0 bridgehead atoms. The molecule has 0 amide bonds. The minimum absolute atomic E-state index is 0.239. The molecule has 1 saturated heterocycles. The molecule has 3 heteroatoms. The predicted octanol–water partition coefficient (Wildman–Crippen LogP) is 2.36. The molecule has 2 unspecified atom stereocenters. The molecule has 2 atom stereocenters. The molecule has 0 aliphatic carbocycles. The van der Waals surface area contributed by atoms with E-state index in [4.69, 9.17) is 5.11 Å². The van der Waals surface area contributed by atoms with Crippen LogP contribution in [0.5, 0.6) is 0 Å². The fourth-order valence-electron chi connectivity index (χ4n) is 2.53. The van der Waals surface area contributed by atoms with Gasteiger partial charge in [-0.25, -0.2) is 0 Å². The molecule has 1 rings (SSSR count). The summed E-state index contributed by atoms with van der Waals surface area (Å²) < 4.78 is 0. The number of likely N-dealkylation sites (tertiary alicyclic amines) is 1. The maximum atomic E-state index is 11.1. The maximum absolute atomic E-state index is 11.1. The highest BCUT2D eigenvalue weighted by molar-refractivity contribution is 5.73. The first kappa shape index (κ1) is 12.5. The van der Waals surface area contributed by atoms with Crippen LogP contribution in [0.25, 0.3) is 0 Å². The third kappa shape index (κ3) is 3.49. The molecule has 1 aliphatic rings. The number of nitrogens with zero attached hydrogens (tertiary/aromatic N) is 1. The normalized spacial score (nSPS) is 24.3. The monoisotopic (exact) mass is 213 g/mol. The number of rotatable bonds is 6. The molecule has 0 spiro atoms. The van der Waals surface area contributed by atoms with E-state index in [1.807, 2.05) is 0 Å². The molecule has 3 nitrogen and oxygen atoms in total. The highest BCUT2D eigenvalue weighted by Gasteiger charge is 2.31. The van der Waals surface area contributed by atoms with Crippen molar-refractivity contribution in [2.45, 2.75) is 52.0 Å². The van der Waals surface area contributed by atoms with Gasteiger partial charge in [0, 0.05) is 6.54 Å². The van der Waals surface area contributed by atoms with Crippen LogP contribution in [-0.2, 0) is 4.79 Å². The van der Waals surface area contributed by atoms with Crippen molar-refractivity contribution in [2.24, 2.45) is 5.92 Å². The van der Waals surface area contributed by atoms with Crippen molar-refractivity contribution in [2.75, 3.05) is 13.1 Å². The SMILES string of the molecule is CCCC1CCN(C(CCC)C(=O)O)C1. The highest BCUT2D eigenvalue weighted by atomic mass is 16.4. The third-order valence-corrected chi connectivity index (χ3v) is 3.30. The Labute approximate surface area is 92.5 Å². The van der Waals surface area contributed by atoms with E-state index in [1.54, 1.807) is 0 Å². The second kappa shape index (κ2) is 6.11. The number of hydrogen-bond donors (Lipinski definition) is 1. The lowest BCUT2D eigenvalue weighted by atomic mass is 10.0. The molecule has 15 heavy (non-hydrogen) atoms. The van der Waals surface area contributed by atoms with Gasteiger partial charge in [0.1, 0.15) is 6.04 Å². The van der Waals surface area contributed by atoms with Crippen molar-refractivity contribution in [1.29, 1.82) is 0 Å². The van der Waals surface area contributed by atoms with Crippen LogP contribution >= 0.6 is 0 Å². The Morgan fingerprint density at radius 1 is 1.47 bits per heavy atom. The number of aliphatic carboxylic acids is 1. The smallest absolute Gasteiger partial charge is 0.320 e. The Balaban J connectivity index is 2.45. The average Bonchev–Trinajstić information content (AvgIpc) is 2.62. The van der Waals surface area contributed by atoms with Crippen molar-refractivity contribution in [3.8, 4) is 0 Å². The van der Waals surface area contributed by atoms with Gasteiger partial charge in [-0.05, 0) is 31.7 Å². The second-order valence-electron chi connectivity index (χ2n) is 4.58. The first-order valence-corrected chi connectivity index (χ1v) is 6.15. The van der Waals surface area contributed by atoms with Crippen molar-refractivity contribution in [1.82, 2.24) is 4.90 Å². The lowest BCUT2D eigenvalue weighted by molar-refractivity contribution is -0.143. The summed E-state index contributed by atoms with van der Waals surface area (Å²) in [4.78, 5) is 13.3. The van der Waals surface area contributed by atoms with Gasteiger partial charge >= 0.3 is 5.97 Å². The van der Waals surface area contributed by atoms with Crippen molar-refractivity contribution in [3.05, 3.63) is 0 Å². The van der Waals surface area contributed by atoms with E-state index in [9.17, 15) is 4.79 Å². The van der Waals surface area contributed by atoms with E-state index < -0.39 is 5.97 Å². The van der Waals surface area contributed by atoms with E-state index in [0.29, 0.717) is 0 Å². The fourth-order valence-corrected chi connectivity index (χ4v) is 2.53. The topological polar surface area (TPSA) is 40.5 Å². The summed E-state index contributed by atoms with van der Waals surface area (Å²) in [5, 5.41) is 9.14. The van der Waals surface area contributed by atoms with E-state index in [0.717, 1.165) is 31.8 Å². The van der Waals surface area contributed by atoms with Crippen molar-refractivity contribution in [3.63, 3.8) is 0 Å². The standard InChI is InChI=1S/C12H23NO2/c1-3-5-10-7-8-13(9-10)11(6-4-2)12(14)15/h10-11H,3-9H2,1-2H3,(H,14,15). The Kier molecular flexibility index (Phi) is 5.09. The lowest BCUT2D eigenvalue weighted by Crippen LogP contribution is -2.39. The summed E-state index contributed by atoms with van der Waals surface area (Å²) >= 11 is 0. The molecular weight excluding hydrogens is 190 g/mol. The molecule has 0 aromatic carbocycles. The summed E-state index contributed by atoms with van der Waals surface area (Å²) in [6.45, 7) is 6.21. The van der Waals surface area contributed by atoms with Crippen LogP contribution < -0.4 is 0 Å². The molecule has 88 valence electrons. The van der Waals surface area contributed by atoms with Gasteiger partial charge in [0.25, 0.3) is 0 Å². The molecule has 0 saturated carbocycles. The molecule has 0 radical (unpaired) electrons. The van der Waals surface area contributed by atoms with E-state index in [2.05, 4.69) is 18.7 Å².